The van der Waals surface area contributed by atoms with Crippen LogP contribution in [-0.2, 0) is 0 Å². The van der Waals surface area contributed by atoms with Crippen molar-refractivity contribution in [1.82, 2.24) is 10.2 Å². The molecule has 0 aliphatic heterocycles. The van der Waals surface area contributed by atoms with Crippen LogP contribution in [0.2, 0.25) is 5.15 Å². The van der Waals surface area contributed by atoms with Crippen LogP contribution in [0.25, 0.3) is 0 Å². The van der Waals surface area contributed by atoms with Crippen molar-refractivity contribution in [2.75, 3.05) is 5.32 Å². The number of rotatable bonds is 2. The van der Waals surface area contributed by atoms with E-state index in [0.29, 0.717) is 0 Å². The number of hydrogen-bond acceptors (Lipinski definition) is 3. The molecule has 1 unspecified atom stereocenters. The summed E-state index contributed by atoms with van der Waals surface area (Å²) in [5, 5.41) is 9.12. The second kappa shape index (κ2) is 4.00. The lowest BCUT2D eigenvalue weighted by Crippen LogP contribution is -2.33. The van der Waals surface area contributed by atoms with Crippen molar-refractivity contribution in [3.05, 3.63) is 17.3 Å². The molecule has 0 aromatic carbocycles. The predicted octanol–water partition coefficient (Wildman–Crippen LogP) is 2.49. The quantitative estimate of drug-likeness (QED) is 0.840. The molecule has 78 valence electrons. The smallest absolute Gasteiger partial charge is 0.357 e. The Hall–Kier alpha value is -1.04. The predicted molar refractivity (Wildman–Crippen MR) is 46.2 cm³/mol. The summed E-state index contributed by atoms with van der Waals surface area (Å²) in [6, 6.07) is 1.02. The van der Waals surface area contributed by atoms with Crippen LogP contribution in [-0.4, -0.2) is 22.4 Å². The molecule has 0 saturated heterocycles. The van der Waals surface area contributed by atoms with Gasteiger partial charge >= 0.3 is 6.18 Å². The molecule has 1 heterocycles. The summed E-state index contributed by atoms with van der Waals surface area (Å²) in [5.41, 5.74) is 0. The first-order chi connectivity index (χ1) is 6.39. The molecule has 0 fully saturated rings. The van der Waals surface area contributed by atoms with Crippen molar-refractivity contribution in [2.45, 2.75) is 19.1 Å². The number of nitrogens with zero attached hydrogens (tertiary/aromatic N) is 2. The van der Waals surface area contributed by atoms with Crippen LogP contribution >= 0.6 is 11.6 Å². The monoisotopic (exact) mass is 225 g/mol. The number of anilines is 1. The van der Waals surface area contributed by atoms with E-state index >= 15 is 0 Å². The van der Waals surface area contributed by atoms with E-state index in [-0.39, 0.29) is 11.0 Å². The van der Waals surface area contributed by atoms with Gasteiger partial charge in [0.05, 0.1) is 0 Å². The molecular weight excluding hydrogens is 219 g/mol. The minimum Gasteiger partial charge on any atom is -0.357 e. The number of halogens is 4. The van der Waals surface area contributed by atoms with E-state index < -0.39 is 12.2 Å². The molecule has 1 aromatic rings. The summed E-state index contributed by atoms with van der Waals surface area (Å²) in [7, 11) is 0. The van der Waals surface area contributed by atoms with Crippen molar-refractivity contribution in [2.24, 2.45) is 0 Å². The van der Waals surface area contributed by atoms with Gasteiger partial charge in [-0.1, -0.05) is 11.6 Å². The summed E-state index contributed by atoms with van der Waals surface area (Å²) < 4.78 is 36.2. The van der Waals surface area contributed by atoms with E-state index in [4.69, 9.17) is 11.6 Å². The molecule has 0 saturated carbocycles. The van der Waals surface area contributed by atoms with Gasteiger partial charge in [0.15, 0.2) is 5.15 Å². The highest BCUT2D eigenvalue weighted by Gasteiger charge is 2.36. The van der Waals surface area contributed by atoms with Crippen LogP contribution in [0.3, 0.4) is 0 Å². The van der Waals surface area contributed by atoms with Gasteiger partial charge in [0.2, 0.25) is 0 Å². The van der Waals surface area contributed by atoms with Crippen LogP contribution in [0, 0.1) is 0 Å². The Balaban J connectivity index is 2.65. The van der Waals surface area contributed by atoms with Crippen LogP contribution in [0.15, 0.2) is 12.1 Å². The van der Waals surface area contributed by atoms with Crippen LogP contribution < -0.4 is 5.32 Å². The zero-order valence-corrected chi connectivity index (χ0v) is 7.89. The van der Waals surface area contributed by atoms with Gasteiger partial charge in [-0.05, 0) is 19.1 Å². The summed E-state index contributed by atoms with van der Waals surface area (Å²) in [4.78, 5) is 0. The Kier molecular flexibility index (Phi) is 3.15. The first-order valence-electron chi connectivity index (χ1n) is 3.72. The maximum atomic E-state index is 12.1. The van der Waals surface area contributed by atoms with Gasteiger partial charge in [-0.15, -0.1) is 10.2 Å². The summed E-state index contributed by atoms with van der Waals surface area (Å²) >= 11 is 5.41. The van der Waals surface area contributed by atoms with E-state index in [1.165, 1.54) is 12.1 Å². The Morgan fingerprint density at radius 1 is 1.36 bits per heavy atom. The molecule has 1 aromatic heterocycles. The molecule has 1 N–H and O–H groups in total. The van der Waals surface area contributed by atoms with Crippen LogP contribution in [0.4, 0.5) is 19.0 Å². The van der Waals surface area contributed by atoms with E-state index in [9.17, 15) is 13.2 Å². The largest absolute Gasteiger partial charge is 0.408 e. The van der Waals surface area contributed by atoms with Gasteiger partial charge in [0.25, 0.3) is 0 Å². The zero-order valence-electron chi connectivity index (χ0n) is 7.14. The average Bonchev–Trinajstić information content (AvgIpc) is 2.07. The molecule has 0 bridgehead atoms. The molecule has 0 radical (unpaired) electrons. The lowest BCUT2D eigenvalue weighted by atomic mass is 10.3. The summed E-state index contributed by atoms with van der Waals surface area (Å²) in [6.45, 7) is 0.996. The topological polar surface area (TPSA) is 37.8 Å². The molecule has 0 spiro atoms. The van der Waals surface area contributed by atoms with Gasteiger partial charge in [-0.25, -0.2) is 0 Å². The van der Waals surface area contributed by atoms with E-state index in [0.717, 1.165) is 6.92 Å². The fourth-order valence-corrected chi connectivity index (χ4v) is 0.797. The van der Waals surface area contributed by atoms with E-state index in [1.807, 2.05) is 0 Å². The van der Waals surface area contributed by atoms with Gasteiger partial charge in [-0.3, -0.25) is 0 Å². The number of nitrogens with one attached hydrogen (secondary N) is 1. The Morgan fingerprint density at radius 2 is 2.00 bits per heavy atom. The van der Waals surface area contributed by atoms with Crippen molar-refractivity contribution in [1.29, 1.82) is 0 Å². The molecular formula is C7H7ClF3N3. The first kappa shape index (κ1) is 11.0. The number of aromatic nitrogens is 2. The molecule has 1 atom stereocenters. The fraction of sp³-hybridized carbons (Fsp3) is 0.429. The van der Waals surface area contributed by atoms with E-state index in [2.05, 4.69) is 15.5 Å². The highest BCUT2D eigenvalue weighted by molar-refractivity contribution is 6.29. The average molecular weight is 226 g/mol. The molecule has 0 amide bonds. The molecule has 3 nitrogen and oxygen atoms in total. The first-order valence-corrected chi connectivity index (χ1v) is 4.10. The van der Waals surface area contributed by atoms with Crippen molar-refractivity contribution < 1.29 is 13.2 Å². The van der Waals surface area contributed by atoms with Gasteiger partial charge in [0.1, 0.15) is 11.9 Å². The molecule has 0 aliphatic carbocycles. The van der Waals surface area contributed by atoms with Crippen molar-refractivity contribution in [3.63, 3.8) is 0 Å². The zero-order chi connectivity index (χ0) is 10.8. The maximum absolute atomic E-state index is 12.1. The fourth-order valence-electron chi connectivity index (χ4n) is 0.697. The van der Waals surface area contributed by atoms with E-state index in [1.54, 1.807) is 0 Å². The van der Waals surface area contributed by atoms with Crippen molar-refractivity contribution >= 4 is 17.4 Å². The standard InChI is InChI=1S/C7H7ClF3N3/c1-4(7(9,10)11)12-6-3-2-5(8)13-14-6/h2-4H,1H3,(H,12,14). The SMILES string of the molecule is CC(Nc1ccc(Cl)nn1)C(F)(F)F. The van der Waals surface area contributed by atoms with Crippen LogP contribution in [0.1, 0.15) is 6.92 Å². The third-order valence-electron chi connectivity index (χ3n) is 1.49. The number of alkyl halides is 3. The Labute approximate surface area is 83.3 Å². The normalized spacial score (nSPS) is 13.8. The molecule has 7 heteroatoms. The van der Waals surface area contributed by atoms with Gasteiger partial charge in [-0.2, -0.15) is 13.2 Å². The van der Waals surface area contributed by atoms with Gasteiger partial charge in [0, 0.05) is 0 Å². The Morgan fingerprint density at radius 3 is 2.43 bits per heavy atom. The molecule has 1 rings (SSSR count). The Bertz CT molecular complexity index is 298. The highest BCUT2D eigenvalue weighted by Crippen LogP contribution is 2.22. The lowest BCUT2D eigenvalue weighted by Gasteiger charge is -2.16. The minimum absolute atomic E-state index is 0.0409. The second-order valence-electron chi connectivity index (χ2n) is 2.65. The third-order valence-corrected chi connectivity index (χ3v) is 1.69. The summed E-state index contributed by atoms with van der Waals surface area (Å²) in [5.74, 6) is 0.0409. The minimum atomic E-state index is -4.30. The third kappa shape index (κ3) is 3.02. The summed E-state index contributed by atoms with van der Waals surface area (Å²) in [6.07, 6.45) is -4.30. The maximum Gasteiger partial charge on any atom is 0.408 e. The van der Waals surface area contributed by atoms with Gasteiger partial charge < -0.3 is 5.32 Å². The second-order valence-corrected chi connectivity index (χ2v) is 3.04. The van der Waals surface area contributed by atoms with Crippen molar-refractivity contribution in [3.8, 4) is 0 Å². The highest BCUT2D eigenvalue weighted by atomic mass is 35.5. The number of hydrogen-bond donors (Lipinski definition) is 1. The molecule has 14 heavy (non-hydrogen) atoms. The lowest BCUT2D eigenvalue weighted by molar-refractivity contribution is -0.138. The van der Waals surface area contributed by atoms with Crippen LogP contribution in [0.5, 0.6) is 0 Å². The molecule has 0 aliphatic rings.